The Bertz CT molecular complexity index is 890. The van der Waals surface area contributed by atoms with E-state index in [4.69, 9.17) is 4.74 Å². The molecule has 3 rings (SSSR count). The molecular formula is C20H18N2O3S. The molecule has 0 bridgehead atoms. The van der Waals surface area contributed by atoms with E-state index < -0.39 is 0 Å². The molecule has 0 saturated heterocycles. The summed E-state index contributed by atoms with van der Waals surface area (Å²) in [6.45, 7) is 0. The highest BCUT2D eigenvalue weighted by Crippen LogP contribution is 2.18. The van der Waals surface area contributed by atoms with E-state index in [-0.39, 0.29) is 18.2 Å². The number of carbonyl (C=O) groups is 2. The molecule has 0 aliphatic heterocycles. The highest BCUT2D eigenvalue weighted by molar-refractivity contribution is 7.12. The Hall–Kier alpha value is -3.12. The third-order valence-corrected chi connectivity index (χ3v) is 4.54. The predicted octanol–water partition coefficient (Wildman–Crippen LogP) is 4.19. The maximum atomic E-state index is 12.2. The maximum absolute atomic E-state index is 12.2. The minimum atomic E-state index is -0.165. The van der Waals surface area contributed by atoms with Gasteiger partial charge in [-0.25, -0.2) is 0 Å². The number of nitrogens with one attached hydrogen (secondary N) is 2. The summed E-state index contributed by atoms with van der Waals surface area (Å²) in [5.74, 6) is 0.460. The molecule has 0 unspecified atom stereocenters. The summed E-state index contributed by atoms with van der Waals surface area (Å²) >= 11 is 1.38. The maximum Gasteiger partial charge on any atom is 0.265 e. The van der Waals surface area contributed by atoms with Crippen molar-refractivity contribution in [2.45, 2.75) is 6.42 Å². The van der Waals surface area contributed by atoms with Crippen molar-refractivity contribution in [3.05, 3.63) is 76.5 Å². The van der Waals surface area contributed by atoms with Crippen LogP contribution in [0.15, 0.2) is 66.0 Å². The van der Waals surface area contributed by atoms with Gasteiger partial charge in [0.25, 0.3) is 5.91 Å². The second kappa shape index (κ2) is 8.31. The number of anilines is 2. The summed E-state index contributed by atoms with van der Waals surface area (Å²) in [6.07, 6.45) is 0.260. The van der Waals surface area contributed by atoms with Gasteiger partial charge in [-0.15, -0.1) is 11.3 Å². The monoisotopic (exact) mass is 366 g/mol. The minimum absolute atomic E-state index is 0.128. The quantitative estimate of drug-likeness (QED) is 0.687. The smallest absolute Gasteiger partial charge is 0.265 e. The zero-order valence-electron chi connectivity index (χ0n) is 14.2. The number of ether oxygens (including phenoxy) is 1. The number of rotatable bonds is 6. The van der Waals surface area contributed by atoms with Gasteiger partial charge in [-0.1, -0.05) is 24.3 Å². The van der Waals surface area contributed by atoms with Gasteiger partial charge in [0.1, 0.15) is 5.75 Å². The van der Waals surface area contributed by atoms with Crippen molar-refractivity contribution in [2.75, 3.05) is 17.7 Å². The van der Waals surface area contributed by atoms with Crippen molar-refractivity contribution < 1.29 is 14.3 Å². The highest BCUT2D eigenvalue weighted by Gasteiger charge is 2.08. The molecule has 0 fully saturated rings. The molecule has 132 valence electrons. The van der Waals surface area contributed by atoms with Crippen molar-refractivity contribution in [3.63, 3.8) is 0 Å². The molecule has 1 heterocycles. The second-order valence-corrected chi connectivity index (χ2v) is 6.53. The van der Waals surface area contributed by atoms with Crippen LogP contribution in [0.3, 0.4) is 0 Å². The van der Waals surface area contributed by atoms with Gasteiger partial charge in [0, 0.05) is 11.4 Å². The van der Waals surface area contributed by atoms with E-state index in [1.807, 2.05) is 35.7 Å². The van der Waals surface area contributed by atoms with Crippen LogP contribution in [0.4, 0.5) is 11.4 Å². The second-order valence-electron chi connectivity index (χ2n) is 5.59. The van der Waals surface area contributed by atoms with Gasteiger partial charge in [-0.05, 0) is 47.3 Å². The predicted molar refractivity (Wildman–Crippen MR) is 104 cm³/mol. The van der Waals surface area contributed by atoms with E-state index in [1.165, 1.54) is 11.3 Å². The van der Waals surface area contributed by atoms with Crippen LogP contribution in [0.2, 0.25) is 0 Å². The van der Waals surface area contributed by atoms with Gasteiger partial charge in [-0.2, -0.15) is 0 Å². The van der Waals surface area contributed by atoms with E-state index in [0.29, 0.717) is 16.3 Å². The SMILES string of the molecule is COc1ccc(CC(=O)Nc2cccc(NC(=O)c3cccs3)c2)cc1. The van der Waals surface area contributed by atoms with E-state index in [9.17, 15) is 9.59 Å². The summed E-state index contributed by atoms with van der Waals surface area (Å²) in [4.78, 5) is 25.0. The Morgan fingerprint density at radius 1 is 0.962 bits per heavy atom. The minimum Gasteiger partial charge on any atom is -0.497 e. The van der Waals surface area contributed by atoms with Crippen LogP contribution in [0.25, 0.3) is 0 Å². The van der Waals surface area contributed by atoms with Crippen LogP contribution in [0.5, 0.6) is 5.75 Å². The van der Waals surface area contributed by atoms with Gasteiger partial charge in [0.05, 0.1) is 18.4 Å². The number of benzene rings is 2. The molecule has 0 radical (unpaired) electrons. The average molecular weight is 366 g/mol. The van der Waals surface area contributed by atoms with E-state index in [0.717, 1.165) is 11.3 Å². The third-order valence-electron chi connectivity index (χ3n) is 3.67. The topological polar surface area (TPSA) is 67.4 Å². The molecular weight excluding hydrogens is 348 g/mol. The number of methoxy groups -OCH3 is 1. The Labute approximate surface area is 155 Å². The van der Waals surface area contributed by atoms with Gasteiger partial charge >= 0.3 is 0 Å². The highest BCUT2D eigenvalue weighted by atomic mass is 32.1. The molecule has 3 aromatic rings. The molecule has 0 aliphatic rings. The summed E-state index contributed by atoms with van der Waals surface area (Å²) < 4.78 is 5.11. The van der Waals surface area contributed by atoms with Crippen LogP contribution in [0, 0.1) is 0 Å². The Balaban J connectivity index is 1.60. The summed E-state index contributed by atoms with van der Waals surface area (Å²) in [5, 5.41) is 7.53. The van der Waals surface area contributed by atoms with Crippen molar-refractivity contribution in [1.82, 2.24) is 0 Å². The molecule has 0 atom stereocenters. The molecule has 2 aromatic carbocycles. The summed E-state index contributed by atoms with van der Waals surface area (Å²) in [7, 11) is 1.60. The van der Waals surface area contributed by atoms with Crippen LogP contribution >= 0.6 is 11.3 Å². The lowest BCUT2D eigenvalue weighted by Gasteiger charge is -2.09. The van der Waals surface area contributed by atoms with Crippen LogP contribution in [-0.2, 0) is 11.2 Å². The first-order valence-electron chi connectivity index (χ1n) is 8.02. The molecule has 6 heteroatoms. The first-order valence-corrected chi connectivity index (χ1v) is 8.90. The third kappa shape index (κ3) is 4.70. The number of hydrogen-bond donors (Lipinski definition) is 2. The van der Waals surface area contributed by atoms with Crippen molar-refractivity contribution >= 4 is 34.5 Å². The molecule has 1 aromatic heterocycles. The number of thiophene rings is 1. The van der Waals surface area contributed by atoms with Gasteiger partial charge in [-0.3, -0.25) is 9.59 Å². The van der Waals surface area contributed by atoms with Crippen LogP contribution in [-0.4, -0.2) is 18.9 Å². The standard InChI is InChI=1S/C20H18N2O3S/c1-25-17-9-7-14(8-10-17)12-19(23)21-15-4-2-5-16(13-15)22-20(24)18-6-3-11-26-18/h2-11,13H,12H2,1H3,(H,21,23)(H,22,24). The van der Waals surface area contributed by atoms with E-state index in [1.54, 1.807) is 37.4 Å². The Kier molecular flexibility index (Phi) is 5.66. The lowest BCUT2D eigenvalue weighted by atomic mass is 10.1. The molecule has 2 amide bonds. The van der Waals surface area contributed by atoms with E-state index >= 15 is 0 Å². The Morgan fingerprint density at radius 3 is 2.35 bits per heavy atom. The van der Waals surface area contributed by atoms with Gasteiger partial charge < -0.3 is 15.4 Å². The largest absolute Gasteiger partial charge is 0.497 e. The lowest BCUT2D eigenvalue weighted by molar-refractivity contribution is -0.115. The van der Waals surface area contributed by atoms with Crippen LogP contribution < -0.4 is 15.4 Å². The molecule has 0 spiro atoms. The van der Waals surface area contributed by atoms with Crippen molar-refractivity contribution in [2.24, 2.45) is 0 Å². The molecule has 0 saturated carbocycles. The summed E-state index contributed by atoms with van der Waals surface area (Å²) in [5.41, 5.74) is 2.16. The average Bonchev–Trinajstić information content (AvgIpc) is 3.17. The van der Waals surface area contributed by atoms with Crippen LogP contribution in [0.1, 0.15) is 15.2 Å². The fourth-order valence-electron chi connectivity index (χ4n) is 2.41. The first kappa shape index (κ1) is 17.7. The van der Waals surface area contributed by atoms with E-state index in [2.05, 4.69) is 10.6 Å². The Morgan fingerprint density at radius 2 is 1.69 bits per heavy atom. The first-order chi connectivity index (χ1) is 12.6. The molecule has 26 heavy (non-hydrogen) atoms. The van der Waals surface area contributed by atoms with Crippen molar-refractivity contribution in [3.8, 4) is 5.75 Å². The molecule has 0 aliphatic carbocycles. The van der Waals surface area contributed by atoms with Gasteiger partial charge in [0.15, 0.2) is 0 Å². The van der Waals surface area contributed by atoms with Crippen molar-refractivity contribution in [1.29, 1.82) is 0 Å². The lowest BCUT2D eigenvalue weighted by Crippen LogP contribution is -2.15. The van der Waals surface area contributed by atoms with Gasteiger partial charge in [0.2, 0.25) is 5.91 Å². The number of carbonyl (C=O) groups excluding carboxylic acids is 2. The summed E-state index contributed by atoms with van der Waals surface area (Å²) in [6, 6.07) is 18.0. The molecule has 2 N–H and O–H groups in total. The molecule has 5 nitrogen and oxygen atoms in total. The fraction of sp³-hybridized carbons (Fsp3) is 0.100. The number of hydrogen-bond acceptors (Lipinski definition) is 4. The normalized spacial score (nSPS) is 10.2. The zero-order valence-corrected chi connectivity index (χ0v) is 15.0. The number of amides is 2. The zero-order chi connectivity index (χ0) is 18.4. The fourth-order valence-corrected chi connectivity index (χ4v) is 3.03.